The summed E-state index contributed by atoms with van der Waals surface area (Å²) in [6.07, 6.45) is 3.12. The fraction of sp³-hybridized carbons (Fsp3) is 0.304. The van der Waals surface area contributed by atoms with E-state index in [1.54, 1.807) is 0 Å². The van der Waals surface area contributed by atoms with Crippen molar-refractivity contribution in [1.29, 1.82) is 0 Å². The molecule has 28 heavy (non-hydrogen) atoms. The van der Waals surface area contributed by atoms with Gasteiger partial charge in [0.25, 0.3) is 0 Å². The fourth-order valence-electron chi connectivity index (χ4n) is 3.61. The number of nitrogens with zero attached hydrogens (tertiary/aromatic N) is 2. The van der Waals surface area contributed by atoms with Crippen molar-refractivity contribution in [3.63, 3.8) is 0 Å². The lowest BCUT2D eigenvalue weighted by Gasteiger charge is -2.12. The number of guanidine groups is 1. The first-order valence-corrected chi connectivity index (χ1v) is 9.75. The van der Waals surface area contributed by atoms with Crippen molar-refractivity contribution in [1.82, 2.24) is 15.6 Å². The Hall–Kier alpha value is -2.15. The highest BCUT2D eigenvalue weighted by Crippen LogP contribution is 2.46. The maximum atomic E-state index is 4.80. The lowest BCUT2D eigenvalue weighted by atomic mass is 10.1. The van der Waals surface area contributed by atoms with Crippen LogP contribution < -0.4 is 10.6 Å². The molecule has 0 aliphatic heterocycles. The van der Waals surface area contributed by atoms with Gasteiger partial charge in [0.15, 0.2) is 5.96 Å². The van der Waals surface area contributed by atoms with E-state index in [9.17, 15) is 0 Å². The predicted molar refractivity (Wildman–Crippen MR) is 127 cm³/mol. The Balaban J connectivity index is 0.00000225. The first-order valence-electron chi connectivity index (χ1n) is 9.75. The minimum Gasteiger partial charge on any atom is -0.357 e. The molecular formula is C23H27IN4. The van der Waals surface area contributed by atoms with Gasteiger partial charge in [0.1, 0.15) is 0 Å². The Morgan fingerprint density at radius 2 is 1.82 bits per heavy atom. The van der Waals surface area contributed by atoms with Crippen molar-refractivity contribution >= 4 is 40.8 Å². The second-order valence-corrected chi connectivity index (χ2v) is 7.08. The quantitative estimate of drug-likeness (QED) is 0.302. The van der Waals surface area contributed by atoms with Crippen LogP contribution in [0.15, 0.2) is 71.9 Å². The van der Waals surface area contributed by atoms with E-state index in [1.807, 2.05) is 18.3 Å². The molecule has 2 N–H and O–H groups in total. The third-order valence-electron chi connectivity index (χ3n) is 5.17. The highest BCUT2D eigenvalue weighted by Gasteiger charge is 2.37. The largest absolute Gasteiger partial charge is 0.357 e. The van der Waals surface area contributed by atoms with Gasteiger partial charge in [0.05, 0.1) is 12.1 Å². The average molecular weight is 486 g/mol. The van der Waals surface area contributed by atoms with Gasteiger partial charge >= 0.3 is 0 Å². The van der Waals surface area contributed by atoms with Crippen molar-refractivity contribution in [2.75, 3.05) is 13.1 Å². The highest BCUT2D eigenvalue weighted by molar-refractivity contribution is 14.0. The van der Waals surface area contributed by atoms with Crippen LogP contribution >= 0.6 is 24.0 Å². The zero-order chi connectivity index (χ0) is 18.5. The second kappa shape index (κ2) is 9.87. The summed E-state index contributed by atoms with van der Waals surface area (Å²) in [5, 5.41) is 8.06. The van der Waals surface area contributed by atoms with Crippen LogP contribution in [0.3, 0.4) is 0 Å². The summed E-state index contributed by atoms with van der Waals surface area (Å²) in [6.45, 7) is 4.56. The number of aromatic nitrogens is 1. The summed E-state index contributed by atoms with van der Waals surface area (Å²) in [6, 6.07) is 21.1. The fourth-order valence-corrected chi connectivity index (χ4v) is 3.61. The first-order chi connectivity index (χ1) is 13.3. The molecule has 2 unspecified atom stereocenters. The van der Waals surface area contributed by atoms with Crippen LogP contribution in [-0.2, 0) is 6.54 Å². The number of pyridine rings is 1. The number of nitrogens with one attached hydrogen (secondary N) is 2. The van der Waals surface area contributed by atoms with E-state index in [1.165, 1.54) is 22.9 Å². The molecule has 0 saturated heterocycles. The second-order valence-electron chi connectivity index (χ2n) is 7.08. The van der Waals surface area contributed by atoms with E-state index >= 15 is 0 Å². The van der Waals surface area contributed by atoms with Gasteiger partial charge in [-0.3, -0.25) is 4.98 Å². The van der Waals surface area contributed by atoms with Gasteiger partial charge in [-0.25, -0.2) is 4.99 Å². The molecule has 2 aromatic carbocycles. The normalized spacial score (nSPS) is 18.4. The van der Waals surface area contributed by atoms with Crippen molar-refractivity contribution in [3.05, 3.63) is 78.0 Å². The van der Waals surface area contributed by atoms with Gasteiger partial charge in [0, 0.05) is 24.7 Å². The molecule has 1 aliphatic rings. The third kappa shape index (κ3) is 5.01. The van der Waals surface area contributed by atoms with Crippen LogP contribution in [0.1, 0.15) is 30.4 Å². The van der Waals surface area contributed by atoms with Crippen molar-refractivity contribution < 1.29 is 0 Å². The maximum absolute atomic E-state index is 4.80. The molecule has 2 atom stereocenters. The molecular weight excluding hydrogens is 459 g/mol. The van der Waals surface area contributed by atoms with E-state index in [2.05, 4.69) is 71.1 Å². The minimum absolute atomic E-state index is 0. The molecule has 4 nitrogen and oxygen atoms in total. The van der Waals surface area contributed by atoms with Gasteiger partial charge in [-0.05, 0) is 48.4 Å². The number of halogens is 1. The molecule has 1 fully saturated rings. The van der Waals surface area contributed by atoms with Crippen molar-refractivity contribution in [2.45, 2.75) is 25.8 Å². The summed E-state index contributed by atoms with van der Waals surface area (Å²) >= 11 is 0. The number of para-hydroxylation sites is 1. The number of benzene rings is 2. The number of hydrogen-bond acceptors (Lipinski definition) is 2. The summed E-state index contributed by atoms with van der Waals surface area (Å²) in [5.41, 5.74) is 3.67. The van der Waals surface area contributed by atoms with E-state index in [0.717, 1.165) is 24.6 Å². The van der Waals surface area contributed by atoms with Crippen molar-refractivity contribution in [2.24, 2.45) is 10.9 Å². The standard InChI is InChI=1S/C23H26N4.HI/c1-2-24-23(27-16-19-14-21(19)17-8-4-3-5-9-17)26-15-18-12-13-25-22-11-7-6-10-20(18)22;/h3-13,19,21H,2,14-16H2,1H3,(H2,24,26,27);1H. The maximum Gasteiger partial charge on any atom is 0.191 e. The molecule has 3 aromatic rings. The number of hydrogen-bond donors (Lipinski definition) is 2. The summed E-state index contributed by atoms with van der Waals surface area (Å²) in [4.78, 5) is 9.23. The predicted octanol–water partition coefficient (Wildman–Crippen LogP) is 4.71. The molecule has 4 rings (SSSR count). The topological polar surface area (TPSA) is 49.3 Å². The van der Waals surface area contributed by atoms with E-state index in [-0.39, 0.29) is 24.0 Å². The van der Waals surface area contributed by atoms with Crippen molar-refractivity contribution in [3.8, 4) is 0 Å². The molecule has 1 saturated carbocycles. The molecule has 146 valence electrons. The lowest BCUT2D eigenvalue weighted by Crippen LogP contribution is -2.38. The Morgan fingerprint density at radius 1 is 1.04 bits per heavy atom. The van der Waals surface area contributed by atoms with Crippen LogP contribution in [0.4, 0.5) is 0 Å². The SMILES string of the molecule is CCNC(=NCc1ccnc2ccccc12)NCC1CC1c1ccccc1.I. The van der Waals surface area contributed by atoms with E-state index in [0.29, 0.717) is 18.4 Å². The number of aliphatic imine (C=N–C) groups is 1. The first kappa shape index (κ1) is 20.6. The zero-order valence-corrected chi connectivity index (χ0v) is 18.5. The monoisotopic (exact) mass is 486 g/mol. The third-order valence-corrected chi connectivity index (χ3v) is 5.17. The molecule has 0 spiro atoms. The van der Waals surface area contributed by atoms with Crippen LogP contribution in [0.5, 0.6) is 0 Å². The number of rotatable bonds is 6. The minimum atomic E-state index is 0. The summed E-state index contributed by atoms with van der Waals surface area (Å²) in [7, 11) is 0. The summed E-state index contributed by atoms with van der Waals surface area (Å²) in [5.74, 6) is 2.26. The van der Waals surface area contributed by atoms with E-state index < -0.39 is 0 Å². The Labute approximate surface area is 183 Å². The van der Waals surface area contributed by atoms with Crippen LogP contribution in [0.25, 0.3) is 10.9 Å². The van der Waals surface area contributed by atoms with Crippen LogP contribution in [-0.4, -0.2) is 24.0 Å². The highest BCUT2D eigenvalue weighted by atomic mass is 127. The Morgan fingerprint density at radius 3 is 2.64 bits per heavy atom. The summed E-state index contributed by atoms with van der Waals surface area (Å²) < 4.78 is 0. The average Bonchev–Trinajstić information content (AvgIpc) is 3.50. The molecule has 1 heterocycles. The van der Waals surface area contributed by atoms with Gasteiger partial charge in [-0.15, -0.1) is 24.0 Å². The van der Waals surface area contributed by atoms with Gasteiger partial charge in [-0.1, -0.05) is 48.5 Å². The lowest BCUT2D eigenvalue weighted by molar-refractivity contribution is 0.720. The molecule has 0 bridgehead atoms. The molecule has 5 heteroatoms. The molecule has 0 radical (unpaired) electrons. The van der Waals surface area contributed by atoms with Crippen LogP contribution in [0, 0.1) is 5.92 Å². The van der Waals surface area contributed by atoms with Gasteiger partial charge in [0.2, 0.25) is 0 Å². The van der Waals surface area contributed by atoms with Gasteiger partial charge < -0.3 is 10.6 Å². The molecule has 0 amide bonds. The molecule has 1 aromatic heterocycles. The smallest absolute Gasteiger partial charge is 0.191 e. The molecule has 1 aliphatic carbocycles. The van der Waals surface area contributed by atoms with Crippen LogP contribution in [0.2, 0.25) is 0 Å². The zero-order valence-electron chi connectivity index (χ0n) is 16.1. The Kier molecular flexibility index (Phi) is 7.25. The Bertz CT molecular complexity index is 921. The number of fused-ring (bicyclic) bond motifs is 1. The van der Waals surface area contributed by atoms with Gasteiger partial charge in [-0.2, -0.15) is 0 Å². The van der Waals surface area contributed by atoms with E-state index in [4.69, 9.17) is 4.99 Å².